The van der Waals surface area contributed by atoms with E-state index in [1.807, 2.05) is 12.1 Å². The lowest BCUT2D eigenvalue weighted by Gasteiger charge is -2.36. The SMILES string of the molecule is CC(CCOc1cccc(CCN)c1)N1CCN(C)CC1. The maximum Gasteiger partial charge on any atom is 0.119 e. The Labute approximate surface area is 128 Å². The second-order valence-corrected chi connectivity index (χ2v) is 6.01. The molecule has 0 spiro atoms. The summed E-state index contributed by atoms with van der Waals surface area (Å²) in [6, 6.07) is 8.87. The topological polar surface area (TPSA) is 41.7 Å². The van der Waals surface area contributed by atoms with Crippen LogP contribution in [-0.4, -0.2) is 62.2 Å². The van der Waals surface area contributed by atoms with Crippen LogP contribution in [-0.2, 0) is 6.42 Å². The quantitative estimate of drug-likeness (QED) is 0.828. The van der Waals surface area contributed by atoms with E-state index in [-0.39, 0.29) is 0 Å². The second kappa shape index (κ2) is 8.37. The van der Waals surface area contributed by atoms with Crippen LogP contribution in [0.2, 0.25) is 0 Å². The summed E-state index contributed by atoms with van der Waals surface area (Å²) in [7, 11) is 2.19. The van der Waals surface area contributed by atoms with Crippen LogP contribution in [0.15, 0.2) is 24.3 Å². The fourth-order valence-electron chi connectivity index (χ4n) is 2.75. The molecule has 1 atom stereocenters. The number of nitrogens with two attached hydrogens (primary N) is 1. The number of hydrogen-bond donors (Lipinski definition) is 1. The molecule has 1 unspecified atom stereocenters. The van der Waals surface area contributed by atoms with Gasteiger partial charge in [0.25, 0.3) is 0 Å². The highest BCUT2D eigenvalue weighted by Gasteiger charge is 2.18. The van der Waals surface area contributed by atoms with Crippen molar-refractivity contribution in [3.05, 3.63) is 29.8 Å². The number of likely N-dealkylation sites (N-methyl/N-ethyl adjacent to an activating group) is 1. The zero-order chi connectivity index (χ0) is 15.1. The van der Waals surface area contributed by atoms with E-state index in [9.17, 15) is 0 Å². The van der Waals surface area contributed by atoms with Crippen molar-refractivity contribution in [2.24, 2.45) is 5.73 Å². The largest absolute Gasteiger partial charge is 0.494 e. The van der Waals surface area contributed by atoms with Gasteiger partial charge in [0.15, 0.2) is 0 Å². The molecule has 1 aromatic rings. The molecule has 0 aromatic heterocycles. The van der Waals surface area contributed by atoms with Gasteiger partial charge in [0.1, 0.15) is 5.75 Å². The molecule has 4 heteroatoms. The van der Waals surface area contributed by atoms with Crippen LogP contribution < -0.4 is 10.5 Å². The minimum Gasteiger partial charge on any atom is -0.494 e. The lowest BCUT2D eigenvalue weighted by Crippen LogP contribution is -2.48. The molecule has 0 saturated carbocycles. The molecule has 1 aliphatic heterocycles. The normalized spacial score (nSPS) is 18.6. The van der Waals surface area contributed by atoms with E-state index >= 15 is 0 Å². The van der Waals surface area contributed by atoms with Crippen molar-refractivity contribution in [2.75, 3.05) is 46.4 Å². The van der Waals surface area contributed by atoms with Crippen molar-refractivity contribution in [3.63, 3.8) is 0 Å². The molecule has 0 aliphatic carbocycles. The standard InChI is InChI=1S/C17H29N3O/c1-15(20-11-9-19(2)10-12-20)7-13-21-17-5-3-4-16(14-17)6-8-18/h3-5,14-15H,6-13,18H2,1-2H3. The molecule has 2 N–H and O–H groups in total. The summed E-state index contributed by atoms with van der Waals surface area (Å²) in [6.45, 7) is 8.45. The van der Waals surface area contributed by atoms with Crippen molar-refractivity contribution in [3.8, 4) is 5.75 Å². The Morgan fingerprint density at radius 2 is 2.00 bits per heavy atom. The first-order valence-corrected chi connectivity index (χ1v) is 8.03. The highest BCUT2D eigenvalue weighted by atomic mass is 16.5. The highest BCUT2D eigenvalue weighted by Crippen LogP contribution is 2.15. The van der Waals surface area contributed by atoms with Gasteiger partial charge >= 0.3 is 0 Å². The Balaban J connectivity index is 1.72. The Morgan fingerprint density at radius 3 is 2.71 bits per heavy atom. The van der Waals surface area contributed by atoms with Gasteiger partial charge in [-0.15, -0.1) is 0 Å². The third kappa shape index (κ3) is 5.30. The summed E-state index contributed by atoms with van der Waals surface area (Å²) in [4.78, 5) is 4.96. The van der Waals surface area contributed by atoms with Gasteiger partial charge in [-0.1, -0.05) is 12.1 Å². The minimum atomic E-state index is 0.589. The molecule has 1 heterocycles. The average molecular weight is 291 g/mol. The van der Waals surface area contributed by atoms with Gasteiger partial charge in [0, 0.05) is 32.2 Å². The Kier molecular flexibility index (Phi) is 6.49. The summed E-state index contributed by atoms with van der Waals surface area (Å²) in [5.74, 6) is 0.964. The summed E-state index contributed by atoms with van der Waals surface area (Å²) in [5.41, 5.74) is 6.85. The summed E-state index contributed by atoms with van der Waals surface area (Å²) < 4.78 is 5.90. The molecule has 0 bridgehead atoms. The van der Waals surface area contributed by atoms with Crippen molar-refractivity contribution in [1.29, 1.82) is 0 Å². The van der Waals surface area contributed by atoms with E-state index in [1.54, 1.807) is 0 Å². The van der Waals surface area contributed by atoms with E-state index in [1.165, 1.54) is 31.7 Å². The predicted molar refractivity (Wildman–Crippen MR) is 87.8 cm³/mol. The zero-order valence-corrected chi connectivity index (χ0v) is 13.4. The van der Waals surface area contributed by atoms with Gasteiger partial charge in [-0.25, -0.2) is 0 Å². The highest BCUT2D eigenvalue weighted by molar-refractivity contribution is 5.28. The summed E-state index contributed by atoms with van der Waals surface area (Å²) in [5, 5.41) is 0. The van der Waals surface area contributed by atoms with Crippen molar-refractivity contribution in [2.45, 2.75) is 25.8 Å². The summed E-state index contributed by atoms with van der Waals surface area (Å²) in [6.07, 6.45) is 1.99. The van der Waals surface area contributed by atoms with Crippen LogP contribution in [0, 0.1) is 0 Å². The first-order valence-electron chi connectivity index (χ1n) is 8.03. The molecule has 118 valence electrons. The lowest BCUT2D eigenvalue weighted by molar-refractivity contribution is 0.106. The molecule has 1 aromatic carbocycles. The molecule has 4 nitrogen and oxygen atoms in total. The molecule has 0 radical (unpaired) electrons. The first kappa shape index (κ1) is 16.3. The molecule has 1 fully saturated rings. The van der Waals surface area contributed by atoms with Gasteiger partial charge in [0.05, 0.1) is 6.61 Å². The van der Waals surface area contributed by atoms with Crippen LogP contribution in [0.5, 0.6) is 5.75 Å². The molecule has 21 heavy (non-hydrogen) atoms. The number of ether oxygens (including phenoxy) is 1. The average Bonchev–Trinajstić information content (AvgIpc) is 2.48. The molecular weight excluding hydrogens is 262 g/mol. The fraction of sp³-hybridized carbons (Fsp3) is 0.647. The Hall–Kier alpha value is -1.10. The third-order valence-corrected chi connectivity index (χ3v) is 4.30. The predicted octanol–water partition coefficient (Wildman–Crippen LogP) is 1.59. The van der Waals surface area contributed by atoms with Gasteiger partial charge in [-0.2, -0.15) is 0 Å². The smallest absolute Gasteiger partial charge is 0.119 e. The van der Waals surface area contributed by atoms with E-state index < -0.39 is 0 Å². The number of hydrogen-bond acceptors (Lipinski definition) is 4. The third-order valence-electron chi connectivity index (χ3n) is 4.30. The number of piperazine rings is 1. The van der Waals surface area contributed by atoms with E-state index in [4.69, 9.17) is 10.5 Å². The van der Waals surface area contributed by atoms with Crippen LogP contribution >= 0.6 is 0 Å². The lowest BCUT2D eigenvalue weighted by atomic mass is 10.1. The van der Waals surface area contributed by atoms with E-state index in [0.717, 1.165) is 25.2 Å². The van der Waals surface area contributed by atoms with Crippen LogP contribution in [0.25, 0.3) is 0 Å². The van der Waals surface area contributed by atoms with Crippen molar-refractivity contribution in [1.82, 2.24) is 9.80 Å². The molecule has 2 rings (SSSR count). The van der Waals surface area contributed by atoms with Gasteiger partial charge in [0.2, 0.25) is 0 Å². The molecule has 1 saturated heterocycles. The Bertz CT molecular complexity index is 416. The minimum absolute atomic E-state index is 0.589. The van der Waals surface area contributed by atoms with Crippen LogP contribution in [0.3, 0.4) is 0 Å². The van der Waals surface area contributed by atoms with Crippen molar-refractivity contribution >= 4 is 0 Å². The zero-order valence-electron chi connectivity index (χ0n) is 13.4. The van der Waals surface area contributed by atoms with Gasteiger partial charge in [-0.3, -0.25) is 4.90 Å². The van der Waals surface area contributed by atoms with Gasteiger partial charge in [-0.05, 0) is 51.1 Å². The monoisotopic (exact) mass is 291 g/mol. The van der Waals surface area contributed by atoms with Crippen LogP contribution in [0.4, 0.5) is 0 Å². The maximum atomic E-state index is 5.90. The summed E-state index contributed by atoms with van der Waals surface area (Å²) >= 11 is 0. The fourth-order valence-corrected chi connectivity index (χ4v) is 2.75. The number of nitrogens with zero attached hydrogens (tertiary/aromatic N) is 2. The number of rotatable bonds is 7. The van der Waals surface area contributed by atoms with Crippen molar-refractivity contribution < 1.29 is 4.74 Å². The second-order valence-electron chi connectivity index (χ2n) is 6.01. The maximum absolute atomic E-state index is 5.90. The van der Waals surface area contributed by atoms with Crippen LogP contribution in [0.1, 0.15) is 18.9 Å². The molecule has 1 aliphatic rings. The van der Waals surface area contributed by atoms with E-state index in [0.29, 0.717) is 12.6 Å². The van der Waals surface area contributed by atoms with E-state index in [2.05, 4.69) is 35.9 Å². The molecular formula is C17H29N3O. The number of benzene rings is 1. The molecule has 0 amide bonds. The first-order chi connectivity index (χ1) is 10.2. The van der Waals surface area contributed by atoms with Gasteiger partial charge < -0.3 is 15.4 Å². The Morgan fingerprint density at radius 1 is 1.24 bits per heavy atom.